The van der Waals surface area contributed by atoms with Crippen LogP contribution in [0.25, 0.3) is 0 Å². The third kappa shape index (κ3) is 42.4. The number of ether oxygens (including phenoxy) is 2. The maximum absolute atomic E-state index is 12.6. The first-order valence-corrected chi connectivity index (χ1v) is 24.5. The largest absolute Gasteiger partial charge is 0.472 e. The van der Waals surface area contributed by atoms with Crippen molar-refractivity contribution in [3.05, 3.63) is 48.6 Å². The van der Waals surface area contributed by atoms with Gasteiger partial charge in [-0.2, -0.15) is 0 Å². The van der Waals surface area contributed by atoms with Crippen molar-refractivity contribution in [2.45, 2.75) is 206 Å². The van der Waals surface area contributed by atoms with Crippen LogP contribution >= 0.6 is 7.82 Å². The summed E-state index contributed by atoms with van der Waals surface area (Å²) in [5, 5.41) is 27.9. The van der Waals surface area contributed by atoms with E-state index in [1.54, 1.807) is 0 Å². The molecule has 0 spiro atoms. The van der Waals surface area contributed by atoms with E-state index in [0.29, 0.717) is 19.3 Å². The molecule has 0 aromatic carbocycles. The fourth-order valence-corrected chi connectivity index (χ4v) is 6.88. The van der Waals surface area contributed by atoms with Gasteiger partial charge in [-0.25, -0.2) is 4.57 Å². The number of phosphoric acid groups is 1. The number of hydrogen-bond donors (Lipinski definition) is 4. The normalized spacial score (nSPS) is 14.8. The molecule has 0 radical (unpaired) electrons. The molecule has 0 fully saturated rings. The maximum Gasteiger partial charge on any atom is 0.472 e. The Kier molecular flexibility index (Phi) is 39.8. The van der Waals surface area contributed by atoms with Gasteiger partial charge in [0.2, 0.25) is 0 Å². The highest BCUT2D eigenvalue weighted by molar-refractivity contribution is 7.47. The molecule has 0 aromatic heterocycles. The molecule has 12 heteroatoms. The van der Waals surface area contributed by atoms with Gasteiger partial charge in [0.05, 0.1) is 25.9 Å². The Morgan fingerprint density at radius 1 is 0.559 bits per heavy atom. The summed E-state index contributed by atoms with van der Waals surface area (Å²) < 4.78 is 32.7. The molecule has 0 bridgehead atoms. The van der Waals surface area contributed by atoms with Crippen molar-refractivity contribution in [1.29, 1.82) is 0 Å². The predicted octanol–water partition coefficient (Wildman–Crippen LogP) is 11.3. The lowest BCUT2D eigenvalue weighted by atomic mass is 10.0. The molecule has 0 rings (SSSR count). The second-order valence-corrected chi connectivity index (χ2v) is 17.5. The number of carbonyl (C=O) groups excluding carboxylic acids is 2. The Morgan fingerprint density at radius 2 is 1.02 bits per heavy atom. The molecule has 0 aliphatic heterocycles. The summed E-state index contributed by atoms with van der Waals surface area (Å²) in [7, 11) is -4.64. The van der Waals surface area contributed by atoms with E-state index in [4.69, 9.17) is 19.1 Å². The van der Waals surface area contributed by atoms with Crippen LogP contribution in [0.15, 0.2) is 48.6 Å². The van der Waals surface area contributed by atoms with E-state index in [0.717, 1.165) is 63.7 Å². The summed E-state index contributed by atoms with van der Waals surface area (Å²) in [6.45, 7) is 4.38. The van der Waals surface area contributed by atoms with E-state index in [2.05, 4.69) is 54.8 Å². The molecule has 4 N–H and O–H groups in total. The number of allylic oxidation sites excluding steroid dienone is 8. The van der Waals surface area contributed by atoms with Gasteiger partial charge >= 0.3 is 19.8 Å². The van der Waals surface area contributed by atoms with Gasteiger partial charge < -0.3 is 29.7 Å². The summed E-state index contributed by atoms with van der Waals surface area (Å²) >= 11 is 0. The Bertz CT molecular complexity index is 1150. The minimum Gasteiger partial charge on any atom is -0.462 e. The van der Waals surface area contributed by atoms with Crippen LogP contribution in [0, 0.1) is 5.92 Å². The Hall–Kier alpha value is -2.11. The van der Waals surface area contributed by atoms with Crippen LogP contribution in [0.2, 0.25) is 0 Å². The number of rotatable bonds is 42. The zero-order valence-corrected chi connectivity index (χ0v) is 38.1. The van der Waals surface area contributed by atoms with Crippen LogP contribution < -0.4 is 0 Å². The van der Waals surface area contributed by atoms with Gasteiger partial charge in [0, 0.05) is 12.8 Å². The van der Waals surface area contributed by atoms with E-state index in [1.165, 1.54) is 77.0 Å². The van der Waals surface area contributed by atoms with Crippen LogP contribution in [0.5, 0.6) is 0 Å². The monoisotopic (exact) mass is 857 g/mol. The summed E-state index contributed by atoms with van der Waals surface area (Å²) in [5.74, 6) is -0.181. The maximum atomic E-state index is 12.6. The predicted molar refractivity (Wildman–Crippen MR) is 239 cm³/mol. The van der Waals surface area contributed by atoms with Crippen LogP contribution in [0.1, 0.15) is 188 Å². The Morgan fingerprint density at radius 3 is 1.53 bits per heavy atom. The highest BCUT2D eigenvalue weighted by Crippen LogP contribution is 2.43. The molecule has 0 saturated heterocycles. The molecular weight excluding hydrogens is 771 g/mol. The summed E-state index contributed by atoms with van der Waals surface area (Å²) in [6, 6.07) is 0. The van der Waals surface area contributed by atoms with Gasteiger partial charge in [0.15, 0.2) is 6.10 Å². The lowest BCUT2D eigenvalue weighted by Crippen LogP contribution is -2.29. The van der Waals surface area contributed by atoms with Crippen LogP contribution in [-0.4, -0.2) is 76.9 Å². The van der Waals surface area contributed by atoms with Crippen molar-refractivity contribution in [1.82, 2.24) is 0 Å². The third-order valence-electron chi connectivity index (χ3n) is 9.83. The fraction of sp³-hybridized carbons (Fsp3) is 0.787. The van der Waals surface area contributed by atoms with Gasteiger partial charge in [-0.1, -0.05) is 166 Å². The first-order chi connectivity index (χ1) is 28.5. The smallest absolute Gasteiger partial charge is 0.462 e. The van der Waals surface area contributed by atoms with Crippen LogP contribution in [0.4, 0.5) is 0 Å². The molecule has 0 aliphatic carbocycles. The Labute approximate surface area is 358 Å². The molecule has 59 heavy (non-hydrogen) atoms. The topological polar surface area (TPSA) is 169 Å². The summed E-state index contributed by atoms with van der Waals surface area (Å²) in [4.78, 5) is 35.0. The minimum atomic E-state index is -4.64. The highest BCUT2D eigenvalue weighted by Gasteiger charge is 2.27. The number of carbonyl (C=O) groups is 2. The van der Waals surface area contributed by atoms with E-state index in [-0.39, 0.29) is 25.6 Å². The van der Waals surface area contributed by atoms with Gasteiger partial charge in [-0.05, 0) is 63.7 Å². The molecule has 0 heterocycles. The standard InChI is InChI=1S/C47H85O11P/c1-4-43(49)35-31-27-23-19-15-11-8-9-13-17-21-25-29-33-37-47(52)58-45(41-57-59(53,54)56-39-44(50)38-48)40-55-46(51)36-32-28-24-20-16-12-7-5-6-10-14-18-22-26-30-34-42(2)3/h9,11,13,15,21,23,25,27,42-45,48-50H,4-8,10,12,14,16-20,22,24,26,28-41H2,1-3H3,(H,53,54)/b13-9-,15-11-,25-21-,27-23-/t43-,44+,45-/m1/s1. The molecule has 0 saturated carbocycles. The van der Waals surface area contributed by atoms with Gasteiger partial charge in [-0.15, -0.1) is 0 Å². The Balaban J connectivity index is 4.34. The van der Waals surface area contributed by atoms with E-state index < -0.39 is 51.8 Å². The van der Waals surface area contributed by atoms with Crippen LogP contribution in [0.3, 0.4) is 0 Å². The number of esters is 2. The van der Waals surface area contributed by atoms with Crippen molar-refractivity contribution >= 4 is 19.8 Å². The molecule has 1 unspecified atom stereocenters. The molecule has 11 nitrogen and oxygen atoms in total. The fourth-order valence-electron chi connectivity index (χ4n) is 6.09. The first-order valence-electron chi connectivity index (χ1n) is 23.0. The number of unbranched alkanes of at least 4 members (excludes halogenated alkanes) is 15. The molecule has 0 aliphatic rings. The average molecular weight is 857 g/mol. The van der Waals surface area contributed by atoms with Crippen LogP contribution in [-0.2, 0) is 32.7 Å². The molecule has 344 valence electrons. The zero-order chi connectivity index (χ0) is 43.7. The molecule has 4 atom stereocenters. The van der Waals surface area contributed by atoms with E-state index in [9.17, 15) is 29.3 Å². The lowest BCUT2D eigenvalue weighted by Gasteiger charge is -2.20. The number of aliphatic hydroxyl groups excluding tert-OH is 3. The van der Waals surface area contributed by atoms with Crippen molar-refractivity contribution in [3.63, 3.8) is 0 Å². The SMILES string of the molecule is CC[C@@H](O)CC/C=C\C/C=C\C/C=C\C/C=C\CCCC(=O)O[C@H](COC(=O)CCCCCCCCCCCCCCCCCC(C)C)COP(=O)(O)OC[C@@H](O)CO. The van der Waals surface area contributed by atoms with E-state index in [1.807, 2.05) is 19.1 Å². The molecule has 0 amide bonds. The van der Waals surface area contributed by atoms with E-state index >= 15 is 0 Å². The highest BCUT2D eigenvalue weighted by atomic mass is 31.2. The second-order valence-electron chi connectivity index (χ2n) is 16.1. The number of aliphatic hydroxyl groups is 3. The average Bonchev–Trinajstić information content (AvgIpc) is 3.21. The molecular formula is C47H85O11P. The van der Waals surface area contributed by atoms with Gasteiger partial charge in [0.25, 0.3) is 0 Å². The van der Waals surface area contributed by atoms with Crippen molar-refractivity contribution < 1.29 is 52.9 Å². The van der Waals surface area contributed by atoms with Crippen molar-refractivity contribution in [3.8, 4) is 0 Å². The second kappa shape index (κ2) is 41.3. The number of hydrogen-bond acceptors (Lipinski definition) is 10. The van der Waals surface area contributed by atoms with Crippen molar-refractivity contribution in [2.75, 3.05) is 26.4 Å². The minimum absolute atomic E-state index is 0.0950. The zero-order valence-electron chi connectivity index (χ0n) is 37.2. The van der Waals surface area contributed by atoms with Gasteiger partial charge in [-0.3, -0.25) is 18.6 Å². The number of phosphoric ester groups is 1. The summed E-state index contributed by atoms with van der Waals surface area (Å²) in [5.41, 5.74) is 0. The molecule has 0 aromatic rings. The first kappa shape index (κ1) is 56.9. The summed E-state index contributed by atoms with van der Waals surface area (Å²) in [6.07, 6.45) is 40.3. The quantitative estimate of drug-likeness (QED) is 0.0199. The van der Waals surface area contributed by atoms with Crippen molar-refractivity contribution in [2.24, 2.45) is 5.92 Å². The lowest BCUT2D eigenvalue weighted by molar-refractivity contribution is -0.161. The van der Waals surface area contributed by atoms with Gasteiger partial charge in [0.1, 0.15) is 12.7 Å². The third-order valence-corrected chi connectivity index (χ3v) is 10.8.